The molecule has 3 aromatic rings. The molecule has 2 bridgehead atoms. The highest BCUT2D eigenvalue weighted by Crippen LogP contribution is 2.38. The van der Waals surface area contributed by atoms with Crippen molar-refractivity contribution in [2.45, 2.75) is 69.7 Å². The number of rotatable bonds is 8. The van der Waals surface area contributed by atoms with Crippen molar-refractivity contribution >= 4 is 17.6 Å². The zero-order valence-corrected chi connectivity index (χ0v) is 23.9. The molecule has 0 aliphatic carbocycles. The Bertz CT molecular complexity index is 1370. The molecule has 8 heteroatoms. The topological polar surface area (TPSA) is 86.8 Å². The number of aromatic nitrogens is 1. The van der Waals surface area contributed by atoms with E-state index in [-0.39, 0.29) is 23.9 Å². The van der Waals surface area contributed by atoms with Gasteiger partial charge in [-0.1, -0.05) is 36.4 Å². The van der Waals surface area contributed by atoms with Gasteiger partial charge in [0.05, 0.1) is 12.7 Å². The molecule has 0 spiro atoms. The van der Waals surface area contributed by atoms with Crippen molar-refractivity contribution in [3.05, 3.63) is 89.1 Å². The second-order valence-corrected chi connectivity index (χ2v) is 11.7. The molecule has 3 saturated heterocycles. The van der Waals surface area contributed by atoms with Crippen LogP contribution in [0.3, 0.4) is 0 Å². The fraction of sp³-hybridized carbons (Fsp3) is 0.424. The summed E-state index contributed by atoms with van der Waals surface area (Å²) in [5, 5.41) is 6.48. The Hall–Kier alpha value is -3.91. The van der Waals surface area contributed by atoms with E-state index < -0.39 is 0 Å². The number of ether oxygens (including phenoxy) is 1. The predicted octanol–water partition coefficient (Wildman–Crippen LogP) is 4.33. The third-order valence-corrected chi connectivity index (χ3v) is 8.95. The van der Waals surface area contributed by atoms with E-state index >= 15 is 0 Å². The third kappa shape index (κ3) is 5.93. The van der Waals surface area contributed by atoms with Crippen LogP contribution in [-0.4, -0.2) is 66.1 Å². The van der Waals surface area contributed by atoms with Gasteiger partial charge in [-0.2, -0.15) is 0 Å². The maximum absolute atomic E-state index is 13.1. The molecule has 3 aliphatic rings. The lowest BCUT2D eigenvalue weighted by Gasteiger charge is -2.40. The molecule has 6 rings (SSSR count). The molecule has 3 aliphatic heterocycles. The van der Waals surface area contributed by atoms with E-state index in [2.05, 4.69) is 44.7 Å². The number of likely N-dealkylation sites (tertiary alicyclic amines) is 1. The molecule has 41 heavy (non-hydrogen) atoms. The van der Waals surface area contributed by atoms with Crippen LogP contribution in [0.5, 0.6) is 5.75 Å². The van der Waals surface area contributed by atoms with Gasteiger partial charge in [-0.05, 0) is 68.9 Å². The smallest absolute Gasteiger partial charge is 0.253 e. The molecule has 0 radical (unpaired) electrons. The number of nitrogens with zero attached hydrogens (tertiary/aromatic N) is 3. The van der Waals surface area contributed by atoms with E-state index in [1.165, 1.54) is 5.56 Å². The van der Waals surface area contributed by atoms with Crippen LogP contribution in [-0.2, 0) is 6.54 Å². The van der Waals surface area contributed by atoms with Crippen LogP contribution in [0, 0.1) is 6.92 Å². The third-order valence-electron chi connectivity index (χ3n) is 8.95. The highest BCUT2D eigenvalue weighted by atomic mass is 16.5. The SMILES string of the molecule is COc1cccc(C(=O)N[C@H]2C[C@H]3CC[C@@H](C2)N3c2ccc(C(=O)N[C@H]3CCN(Cc4ccccc4)C3)cn2)c1C. The largest absolute Gasteiger partial charge is 0.496 e. The van der Waals surface area contributed by atoms with Crippen LogP contribution in [0.15, 0.2) is 66.9 Å². The summed E-state index contributed by atoms with van der Waals surface area (Å²) in [6.45, 7) is 4.67. The van der Waals surface area contributed by atoms with Crippen LogP contribution in [0.2, 0.25) is 0 Å². The van der Waals surface area contributed by atoms with Gasteiger partial charge in [0.25, 0.3) is 11.8 Å². The van der Waals surface area contributed by atoms with Gasteiger partial charge in [-0.15, -0.1) is 0 Å². The number of nitrogens with one attached hydrogen (secondary N) is 2. The zero-order valence-electron chi connectivity index (χ0n) is 23.9. The summed E-state index contributed by atoms with van der Waals surface area (Å²) in [4.78, 5) is 35.6. The number of carbonyl (C=O) groups excluding carboxylic acids is 2. The summed E-state index contributed by atoms with van der Waals surface area (Å²) in [6.07, 6.45) is 6.60. The van der Waals surface area contributed by atoms with Gasteiger partial charge in [0.1, 0.15) is 11.6 Å². The van der Waals surface area contributed by atoms with Crippen molar-refractivity contribution in [1.29, 1.82) is 0 Å². The first-order valence-electron chi connectivity index (χ1n) is 14.7. The average molecular weight is 554 g/mol. The van der Waals surface area contributed by atoms with Crippen molar-refractivity contribution in [3.63, 3.8) is 0 Å². The lowest BCUT2D eigenvalue weighted by atomic mass is 9.96. The summed E-state index contributed by atoms with van der Waals surface area (Å²) in [6, 6.07) is 20.9. The maximum atomic E-state index is 13.1. The fourth-order valence-corrected chi connectivity index (χ4v) is 6.89. The van der Waals surface area contributed by atoms with E-state index in [4.69, 9.17) is 9.72 Å². The number of hydrogen-bond donors (Lipinski definition) is 2. The van der Waals surface area contributed by atoms with Crippen molar-refractivity contribution in [3.8, 4) is 5.75 Å². The van der Waals surface area contributed by atoms with E-state index in [1.807, 2.05) is 43.3 Å². The molecule has 4 heterocycles. The fourth-order valence-electron chi connectivity index (χ4n) is 6.89. The molecular weight excluding hydrogens is 514 g/mol. The van der Waals surface area contributed by atoms with Crippen LogP contribution in [0.4, 0.5) is 5.82 Å². The summed E-state index contributed by atoms with van der Waals surface area (Å²) in [5.41, 5.74) is 3.42. The number of piperidine rings is 1. The molecule has 0 saturated carbocycles. The molecule has 1 aromatic heterocycles. The molecular formula is C33H39N5O3. The molecule has 2 amide bonds. The van der Waals surface area contributed by atoms with Gasteiger partial charge >= 0.3 is 0 Å². The summed E-state index contributed by atoms with van der Waals surface area (Å²) in [5.74, 6) is 1.53. The first-order chi connectivity index (χ1) is 20.0. The first-order valence-corrected chi connectivity index (χ1v) is 14.7. The Morgan fingerprint density at radius 3 is 2.37 bits per heavy atom. The summed E-state index contributed by atoms with van der Waals surface area (Å²) < 4.78 is 5.39. The van der Waals surface area contributed by atoms with Gasteiger partial charge < -0.3 is 20.3 Å². The number of carbonyl (C=O) groups is 2. The van der Waals surface area contributed by atoms with Crippen molar-refractivity contribution in [2.75, 3.05) is 25.1 Å². The molecule has 3 fully saturated rings. The standard InChI is InChI=1S/C33H39N5O3/c1-22-29(9-6-10-30(22)41-2)33(40)36-26-17-27-12-13-28(18-26)38(27)31-14-11-24(19-34-31)32(39)35-25-15-16-37(21-25)20-23-7-4-3-5-8-23/h3-11,14,19,25-28H,12-13,15-18,20-21H2,1-2H3,(H,35,39)(H,36,40)/t25-,26-,27+,28-/m0/s1. The number of pyridine rings is 1. The molecule has 2 aromatic carbocycles. The van der Waals surface area contributed by atoms with Crippen molar-refractivity contribution in [2.24, 2.45) is 0 Å². The number of methoxy groups -OCH3 is 1. The van der Waals surface area contributed by atoms with E-state index in [0.29, 0.717) is 23.2 Å². The molecule has 4 atom stereocenters. The van der Waals surface area contributed by atoms with Crippen LogP contribution < -0.4 is 20.3 Å². The number of amides is 2. The predicted molar refractivity (Wildman–Crippen MR) is 159 cm³/mol. The first kappa shape index (κ1) is 27.3. The summed E-state index contributed by atoms with van der Waals surface area (Å²) in [7, 11) is 1.63. The van der Waals surface area contributed by atoms with Crippen molar-refractivity contribution < 1.29 is 14.3 Å². The monoisotopic (exact) mass is 553 g/mol. The Balaban J connectivity index is 1.03. The van der Waals surface area contributed by atoms with Gasteiger partial charge in [-0.3, -0.25) is 14.5 Å². The normalized spacial score (nSPS) is 23.8. The summed E-state index contributed by atoms with van der Waals surface area (Å²) >= 11 is 0. The molecule has 2 N–H and O–H groups in total. The highest BCUT2D eigenvalue weighted by Gasteiger charge is 2.42. The zero-order chi connectivity index (χ0) is 28.3. The van der Waals surface area contributed by atoms with Gasteiger partial charge in [0, 0.05) is 61.1 Å². The maximum Gasteiger partial charge on any atom is 0.253 e. The average Bonchev–Trinajstić information content (AvgIpc) is 3.53. The van der Waals surface area contributed by atoms with Gasteiger partial charge in [-0.25, -0.2) is 4.98 Å². The van der Waals surface area contributed by atoms with Crippen LogP contribution >= 0.6 is 0 Å². The Morgan fingerprint density at radius 1 is 0.902 bits per heavy atom. The minimum Gasteiger partial charge on any atom is -0.496 e. The second-order valence-electron chi connectivity index (χ2n) is 11.7. The van der Waals surface area contributed by atoms with E-state index in [1.54, 1.807) is 13.3 Å². The highest BCUT2D eigenvalue weighted by molar-refractivity contribution is 5.96. The number of fused-ring (bicyclic) bond motifs is 2. The lowest BCUT2D eigenvalue weighted by Crippen LogP contribution is -2.50. The number of anilines is 1. The quantitative estimate of drug-likeness (QED) is 0.432. The molecule has 8 nitrogen and oxygen atoms in total. The van der Waals surface area contributed by atoms with Gasteiger partial charge in [0.15, 0.2) is 0 Å². The van der Waals surface area contributed by atoms with Crippen molar-refractivity contribution in [1.82, 2.24) is 20.5 Å². The van der Waals surface area contributed by atoms with Crippen LogP contribution in [0.25, 0.3) is 0 Å². The Morgan fingerprint density at radius 2 is 1.66 bits per heavy atom. The lowest BCUT2D eigenvalue weighted by molar-refractivity contribution is 0.0921. The second kappa shape index (κ2) is 11.9. The molecule has 214 valence electrons. The van der Waals surface area contributed by atoms with E-state index in [9.17, 15) is 9.59 Å². The Labute approximate surface area is 242 Å². The van der Waals surface area contributed by atoms with Gasteiger partial charge in [0.2, 0.25) is 0 Å². The minimum absolute atomic E-state index is 0.0433. The van der Waals surface area contributed by atoms with E-state index in [0.717, 1.165) is 68.9 Å². The minimum atomic E-state index is -0.0622. The van der Waals surface area contributed by atoms with Crippen LogP contribution in [0.1, 0.15) is 63.9 Å². The Kier molecular flexibility index (Phi) is 7.92. The number of benzene rings is 2. The molecule has 0 unspecified atom stereocenters. The number of hydrogen-bond acceptors (Lipinski definition) is 6.